The molecule has 16 heavy (non-hydrogen) atoms. The Kier molecular flexibility index (Phi) is 3.22. The Bertz CT molecular complexity index is 386. The molecule has 1 aromatic heterocycles. The Labute approximate surface area is 105 Å². The zero-order valence-corrected chi connectivity index (χ0v) is 11.4. The van der Waals surface area contributed by atoms with Gasteiger partial charge in [-0.05, 0) is 41.4 Å². The fourth-order valence-corrected chi connectivity index (χ4v) is 2.46. The van der Waals surface area contributed by atoms with Crippen LogP contribution < -0.4 is 10.6 Å². The minimum absolute atomic E-state index is 0.0113. The van der Waals surface area contributed by atoms with Crippen molar-refractivity contribution in [2.45, 2.75) is 32.2 Å². The monoisotopic (exact) mass is 283 g/mol. The first-order valence-electron chi connectivity index (χ1n) is 5.71. The molecule has 0 amide bonds. The maximum Gasteiger partial charge on any atom is 0.129 e. The van der Waals surface area contributed by atoms with Crippen LogP contribution >= 0.6 is 15.9 Å². The van der Waals surface area contributed by atoms with Gasteiger partial charge in [-0.15, -0.1) is 0 Å². The molecular weight excluding hydrogens is 266 g/mol. The van der Waals surface area contributed by atoms with Crippen LogP contribution in [0.1, 0.15) is 25.5 Å². The van der Waals surface area contributed by atoms with E-state index < -0.39 is 0 Å². The summed E-state index contributed by atoms with van der Waals surface area (Å²) in [5.74, 6) is 1.04. The number of hydrogen-bond donors (Lipinski definition) is 1. The molecule has 0 atom stereocenters. The van der Waals surface area contributed by atoms with E-state index in [9.17, 15) is 0 Å². The van der Waals surface area contributed by atoms with Gasteiger partial charge < -0.3 is 10.6 Å². The van der Waals surface area contributed by atoms with E-state index in [0.717, 1.165) is 41.9 Å². The number of nitrogens with two attached hydrogens (primary N) is 1. The van der Waals surface area contributed by atoms with E-state index in [4.69, 9.17) is 5.73 Å². The molecule has 88 valence electrons. The summed E-state index contributed by atoms with van der Waals surface area (Å²) in [6.45, 7) is 6.04. The van der Waals surface area contributed by atoms with Gasteiger partial charge >= 0.3 is 0 Å². The van der Waals surface area contributed by atoms with E-state index >= 15 is 0 Å². The normalized spacial score (nSPS) is 18.4. The van der Waals surface area contributed by atoms with E-state index in [0.29, 0.717) is 0 Å². The largest absolute Gasteiger partial charge is 0.353 e. The summed E-state index contributed by atoms with van der Waals surface area (Å²) < 4.78 is 1.06. The average molecular weight is 284 g/mol. The third-order valence-electron chi connectivity index (χ3n) is 3.09. The van der Waals surface area contributed by atoms with Gasteiger partial charge in [-0.1, -0.05) is 13.3 Å². The molecule has 0 saturated carbocycles. The summed E-state index contributed by atoms with van der Waals surface area (Å²) in [4.78, 5) is 6.79. The Morgan fingerprint density at radius 2 is 2.19 bits per heavy atom. The molecule has 0 unspecified atom stereocenters. The highest BCUT2D eigenvalue weighted by atomic mass is 79.9. The highest BCUT2D eigenvalue weighted by Gasteiger charge is 2.39. The Morgan fingerprint density at radius 1 is 1.50 bits per heavy atom. The van der Waals surface area contributed by atoms with Crippen LogP contribution in [-0.4, -0.2) is 23.6 Å². The lowest BCUT2D eigenvalue weighted by atomic mass is 9.86. The minimum atomic E-state index is 0.0113. The number of aromatic nitrogens is 1. The van der Waals surface area contributed by atoms with Crippen molar-refractivity contribution < 1.29 is 0 Å². The number of pyridine rings is 1. The van der Waals surface area contributed by atoms with Crippen molar-refractivity contribution in [2.24, 2.45) is 5.73 Å². The fraction of sp³-hybridized carbons (Fsp3) is 0.583. The number of nitrogens with zero attached hydrogens (tertiary/aromatic N) is 2. The zero-order chi connectivity index (χ0) is 11.8. The molecule has 3 nitrogen and oxygen atoms in total. The maximum atomic E-state index is 6.23. The van der Waals surface area contributed by atoms with Crippen LogP contribution in [0.25, 0.3) is 0 Å². The quantitative estimate of drug-likeness (QED) is 0.927. The minimum Gasteiger partial charge on any atom is -0.353 e. The van der Waals surface area contributed by atoms with Crippen LogP contribution in [0.2, 0.25) is 0 Å². The smallest absolute Gasteiger partial charge is 0.129 e. The van der Waals surface area contributed by atoms with Crippen molar-refractivity contribution in [3.8, 4) is 0 Å². The first-order chi connectivity index (χ1) is 7.54. The van der Waals surface area contributed by atoms with Gasteiger partial charge in [-0.3, -0.25) is 0 Å². The number of anilines is 1. The zero-order valence-electron chi connectivity index (χ0n) is 9.83. The SMILES string of the molecule is CCCC1(N)CN(c2ccc(Br)c(C)n2)C1. The van der Waals surface area contributed by atoms with Crippen molar-refractivity contribution in [2.75, 3.05) is 18.0 Å². The van der Waals surface area contributed by atoms with Gasteiger partial charge in [0.05, 0.1) is 11.2 Å². The molecule has 1 fully saturated rings. The van der Waals surface area contributed by atoms with Crippen LogP contribution in [0.4, 0.5) is 5.82 Å². The predicted octanol–water partition coefficient (Wildman–Crippen LogP) is 2.47. The van der Waals surface area contributed by atoms with E-state index in [1.807, 2.05) is 19.1 Å². The van der Waals surface area contributed by atoms with Gasteiger partial charge in [-0.25, -0.2) is 4.98 Å². The first kappa shape index (κ1) is 11.9. The summed E-state index contributed by atoms with van der Waals surface area (Å²) in [6.07, 6.45) is 2.25. The lowest BCUT2D eigenvalue weighted by Gasteiger charge is -2.48. The predicted molar refractivity (Wildman–Crippen MR) is 70.7 cm³/mol. The van der Waals surface area contributed by atoms with Crippen molar-refractivity contribution in [1.82, 2.24) is 4.98 Å². The fourth-order valence-electron chi connectivity index (χ4n) is 2.24. The molecule has 0 spiro atoms. The molecular formula is C12H18BrN3. The number of rotatable bonds is 3. The van der Waals surface area contributed by atoms with Crippen LogP contribution in [-0.2, 0) is 0 Å². The Hall–Kier alpha value is -0.610. The van der Waals surface area contributed by atoms with E-state index in [1.54, 1.807) is 0 Å². The van der Waals surface area contributed by atoms with E-state index in [-0.39, 0.29) is 5.54 Å². The maximum absolute atomic E-state index is 6.23. The van der Waals surface area contributed by atoms with Gasteiger partial charge in [-0.2, -0.15) is 0 Å². The summed E-state index contributed by atoms with van der Waals surface area (Å²) in [5.41, 5.74) is 7.27. The van der Waals surface area contributed by atoms with Crippen molar-refractivity contribution >= 4 is 21.7 Å². The molecule has 1 saturated heterocycles. The van der Waals surface area contributed by atoms with Gasteiger partial charge in [0.15, 0.2) is 0 Å². The molecule has 1 aromatic rings. The van der Waals surface area contributed by atoms with Crippen LogP contribution in [0.5, 0.6) is 0 Å². The lowest BCUT2D eigenvalue weighted by molar-refractivity contribution is 0.306. The third kappa shape index (κ3) is 2.23. The molecule has 4 heteroatoms. The molecule has 1 aliphatic rings. The highest BCUT2D eigenvalue weighted by molar-refractivity contribution is 9.10. The molecule has 2 heterocycles. The van der Waals surface area contributed by atoms with Crippen LogP contribution in [0.3, 0.4) is 0 Å². The second-order valence-electron chi connectivity index (χ2n) is 4.71. The number of hydrogen-bond acceptors (Lipinski definition) is 3. The number of aryl methyl sites for hydroxylation is 1. The van der Waals surface area contributed by atoms with E-state index in [2.05, 4.69) is 32.7 Å². The van der Waals surface area contributed by atoms with Crippen molar-refractivity contribution in [1.29, 1.82) is 0 Å². The van der Waals surface area contributed by atoms with Gasteiger partial charge in [0.2, 0.25) is 0 Å². The van der Waals surface area contributed by atoms with Crippen LogP contribution in [0, 0.1) is 6.92 Å². The molecule has 2 rings (SSSR count). The lowest BCUT2D eigenvalue weighted by Crippen LogP contribution is -2.67. The Morgan fingerprint density at radius 3 is 2.75 bits per heavy atom. The second-order valence-corrected chi connectivity index (χ2v) is 5.56. The molecule has 0 radical (unpaired) electrons. The number of halogens is 1. The summed E-state index contributed by atoms with van der Waals surface area (Å²) in [6, 6.07) is 4.09. The second kappa shape index (κ2) is 4.34. The molecule has 0 aromatic carbocycles. The highest BCUT2D eigenvalue weighted by Crippen LogP contribution is 2.29. The average Bonchev–Trinajstić information content (AvgIpc) is 2.19. The first-order valence-corrected chi connectivity index (χ1v) is 6.50. The molecule has 0 bridgehead atoms. The third-order valence-corrected chi connectivity index (χ3v) is 3.93. The van der Waals surface area contributed by atoms with E-state index in [1.165, 1.54) is 0 Å². The molecule has 2 N–H and O–H groups in total. The van der Waals surface area contributed by atoms with Crippen molar-refractivity contribution in [3.63, 3.8) is 0 Å². The molecule has 0 aliphatic carbocycles. The summed E-state index contributed by atoms with van der Waals surface area (Å²) >= 11 is 3.46. The standard InChI is InChI=1S/C12H18BrN3/c1-3-6-12(14)7-16(8-12)11-5-4-10(13)9(2)15-11/h4-5H,3,6-8,14H2,1-2H3. The van der Waals surface area contributed by atoms with Gasteiger partial charge in [0.1, 0.15) is 5.82 Å². The topological polar surface area (TPSA) is 42.1 Å². The van der Waals surface area contributed by atoms with Gasteiger partial charge in [0.25, 0.3) is 0 Å². The molecule has 1 aliphatic heterocycles. The van der Waals surface area contributed by atoms with Gasteiger partial charge in [0, 0.05) is 17.6 Å². The summed E-state index contributed by atoms with van der Waals surface area (Å²) in [5, 5.41) is 0. The van der Waals surface area contributed by atoms with Crippen LogP contribution in [0.15, 0.2) is 16.6 Å². The van der Waals surface area contributed by atoms with Crippen molar-refractivity contribution in [3.05, 3.63) is 22.3 Å². The summed E-state index contributed by atoms with van der Waals surface area (Å²) in [7, 11) is 0. The Balaban J connectivity index is 2.04.